The first-order valence-electron chi connectivity index (χ1n) is 15.2. The summed E-state index contributed by atoms with van der Waals surface area (Å²) in [6, 6.07) is 26.4. The van der Waals surface area contributed by atoms with Crippen LogP contribution in [0.3, 0.4) is 0 Å². The van der Waals surface area contributed by atoms with Crippen LogP contribution in [0, 0.1) is 6.92 Å². The van der Waals surface area contributed by atoms with Crippen molar-refractivity contribution in [2.24, 2.45) is 0 Å². The van der Waals surface area contributed by atoms with E-state index in [9.17, 15) is 0 Å². The number of fused-ring (bicyclic) bond motifs is 1. The van der Waals surface area contributed by atoms with Crippen molar-refractivity contribution in [2.75, 3.05) is 0 Å². The summed E-state index contributed by atoms with van der Waals surface area (Å²) in [6.45, 7) is 29.3. The van der Waals surface area contributed by atoms with Crippen LogP contribution >= 0.6 is 8.38 Å². The minimum atomic E-state index is -1.53. The fraction of sp³-hybridized carbons (Fsp3) is 0.436. The molecule has 0 unspecified atom stereocenters. The van der Waals surface area contributed by atoms with Crippen molar-refractivity contribution in [1.29, 1.82) is 0 Å². The van der Waals surface area contributed by atoms with E-state index in [4.69, 9.17) is 9.05 Å². The summed E-state index contributed by atoms with van der Waals surface area (Å²) >= 11 is 0. The zero-order valence-electron chi connectivity index (χ0n) is 28.2. The average Bonchev–Trinajstić information content (AvgIpc) is 2.86. The van der Waals surface area contributed by atoms with Crippen LogP contribution in [0.15, 0.2) is 72.8 Å². The van der Waals surface area contributed by atoms with Gasteiger partial charge in [-0.25, -0.2) is 0 Å². The maximum absolute atomic E-state index is 7.13. The van der Waals surface area contributed by atoms with Gasteiger partial charge in [-0.15, -0.1) is 0 Å². The van der Waals surface area contributed by atoms with E-state index in [-0.39, 0.29) is 21.7 Å². The smallest absolute Gasteiger partial charge is 0.327 e. The van der Waals surface area contributed by atoms with Gasteiger partial charge in [0.15, 0.2) is 0 Å². The third-order valence-electron chi connectivity index (χ3n) is 7.95. The van der Waals surface area contributed by atoms with E-state index in [0.717, 1.165) is 16.8 Å². The maximum atomic E-state index is 7.13. The van der Waals surface area contributed by atoms with Gasteiger partial charge in [0, 0.05) is 11.1 Å². The molecule has 0 radical (unpaired) electrons. The lowest BCUT2D eigenvalue weighted by Crippen LogP contribution is -2.21. The first-order valence-corrected chi connectivity index (χ1v) is 16.4. The van der Waals surface area contributed by atoms with Gasteiger partial charge in [-0.2, -0.15) is 0 Å². The molecular weight excluding hydrogens is 531 g/mol. The molecule has 2 nitrogen and oxygen atoms in total. The largest absolute Gasteiger partial charge is 0.435 e. The number of rotatable bonds is 5. The highest BCUT2D eigenvalue weighted by Crippen LogP contribution is 2.48. The van der Waals surface area contributed by atoms with Crippen LogP contribution in [0.2, 0.25) is 0 Å². The van der Waals surface area contributed by atoms with E-state index in [2.05, 4.69) is 163 Å². The van der Waals surface area contributed by atoms with Gasteiger partial charge in [0.25, 0.3) is 0 Å². The highest BCUT2D eigenvalue weighted by molar-refractivity contribution is 7.57. The van der Waals surface area contributed by atoms with E-state index in [1.807, 2.05) is 0 Å². The topological polar surface area (TPSA) is 18.5 Å². The highest BCUT2D eigenvalue weighted by atomic mass is 31.2. The number of hydrogen-bond acceptors (Lipinski definition) is 2. The molecule has 0 amide bonds. The zero-order valence-corrected chi connectivity index (χ0v) is 29.1. The molecule has 0 atom stereocenters. The van der Waals surface area contributed by atoms with E-state index in [1.54, 1.807) is 0 Å². The fourth-order valence-electron chi connectivity index (χ4n) is 5.22. The van der Waals surface area contributed by atoms with Crippen molar-refractivity contribution in [3.05, 3.63) is 101 Å². The van der Waals surface area contributed by atoms with Gasteiger partial charge in [-0.1, -0.05) is 144 Å². The number of aryl methyl sites for hydroxylation is 1. The van der Waals surface area contributed by atoms with Crippen LogP contribution in [-0.4, -0.2) is 0 Å². The van der Waals surface area contributed by atoms with Crippen LogP contribution < -0.4 is 14.4 Å². The second-order valence-electron chi connectivity index (χ2n) is 15.8. The molecular formula is C39H51O2P. The summed E-state index contributed by atoms with van der Waals surface area (Å²) in [5.74, 6) is 1.77. The Hall–Kier alpha value is -2.83. The van der Waals surface area contributed by atoms with Gasteiger partial charge < -0.3 is 9.05 Å². The molecule has 0 saturated carbocycles. The Morgan fingerprint density at radius 2 is 0.952 bits per heavy atom. The summed E-state index contributed by atoms with van der Waals surface area (Å²) in [4.78, 5) is 0. The average molecular weight is 583 g/mol. The van der Waals surface area contributed by atoms with E-state index >= 15 is 0 Å². The summed E-state index contributed by atoms with van der Waals surface area (Å²) in [5.41, 5.74) is 6.06. The first-order chi connectivity index (χ1) is 19.3. The summed E-state index contributed by atoms with van der Waals surface area (Å²) < 4.78 is 14.3. The van der Waals surface area contributed by atoms with Gasteiger partial charge in [-0.05, 0) is 68.2 Å². The Morgan fingerprint density at radius 1 is 0.500 bits per heavy atom. The van der Waals surface area contributed by atoms with Crippen molar-refractivity contribution in [3.63, 3.8) is 0 Å². The quantitative estimate of drug-likeness (QED) is 0.218. The standard InChI is InChI=1S/C39H51O2P/c1-26-18-19-27-16-14-15-17-30(27)35(26)42(40-33-22-20-28(36(2,3)4)24-31(33)38(8,9)10)41-34-23-21-29(37(5,6)7)25-32(34)39(11,12)13/h14-25H,1-13H3. The molecule has 224 valence electrons. The third-order valence-corrected chi connectivity index (χ3v) is 9.64. The predicted octanol–water partition coefficient (Wildman–Crippen LogP) is 11.4. The van der Waals surface area contributed by atoms with Crippen LogP contribution in [0.4, 0.5) is 0 Å². The van der Waals surface area contributed by atoms with Crippen LogP contribution in [0.1, 0.15) is 111 Å². The van der Waals surface area contributed by atoms with Gasteiger partial charge in [0.05, 0.1) is 5.30 Å². The molecule has 4 aromatic carbocycles. The Balaban J connectivity index is 1.94. The van der Waals surface area contributed by atoms with Crippen LogP contribution in [0.25, 0.3) is 10.8 Å². The molecule has 0 N–H and O–H groups in total. The van der Waals surface area contributed by atoms with Gasteiger partial charge in [0.2, 0.25) is 0 Å². The molecule has 0 bridgehead atoms. The second kappa shape index (κ2) is 11.3. The van der Waals surface area contributed by atoms with Crippen LogP contribution in [0.5, 0.6) is 11.5 Å². The fourth-order valence-corrected chi connectivity index (χ4v) is 6.88. The molecule has 0 heterocycles. The van der Waals surface area contributed by atoms with Crippen molar-refractivity contribution >= 4 is 24.5 Å². The minimum Gasteiger partial charge on any atom is -0.435 e. The second-order valence-corrected chi connectivity index (χ2v) is 17.1. The summed E-state index contributed by atoms with van der Waals surface area (Å²) in [5, 5.41) is 3.49. The van der Waals surface area contributed by atoms with E-state index in [0.29, 0.717) is 0 Å². The van der Waals surface area contributed by atoms with Gasteiger partial charge in [-0.3, -0.25) is 0 Å². The summed E-state index contributed by atoms with van der Waals surface area (Å²) in [6.07, 6.45) is 0. The molecule has 0 aliphatic heterocycles. The molecule has 0 spiro atoms. The monoisotopic (exact) mass is 582 g/mol. The van der Waals surface area contributed by atoms with Crippen molar-refractivity contribution < 1.29 is 9.05 Å². The Labute approximate surface area is 256 Å². The molecule has 0 fully saturated rings. The third kappa shape index (κ3) is 7.03. The highest BCUT2D eigenvalue weighted by Gasteiger charge is 2.31. The van der Waals surface area contributed by atoms with Crippen LogP contribution in [-0.2, 0) is 21.7 Å². The minimum absolute atomic E-state index is 0.0440. The SMILES string of the molecule is Cc1ccc2ccccc2c1P(Oc1ccc(C(C)(C)C)cc1C(C)(C)C)Oc1ccc(C(C)(C)C)cc1C(C)(C)C. The maximum Gasteiger partial charge on any atom is 0.327 e. The lowest BCUT2D eigenvalue weighted by molar-refractivity contribution is 0.466. The Kier molecular flexibility index (Phi) is 8.67. The number of benzene rings is 4. The molecule has 42 heavy (non-hydrogen) atoms. The lowest BCUT2D eigenvalue weighted by atomic mass is 9.80. The molecule has 0 aromatic heterocycles. The van der Waals surface area contributed by atoms with Crippen molar-refractivity contribution in [1.82, 2.24) is 0 Å². The molecule has 0 saturated heterocycles. The first kappa shape index (κ1) is 32.1. The van der Waals surface area contributed by atoms with E-state index in [1.165, 1.54) is 38.6 Å². The molecule has 4 rings (SSSR count). The molecule has 3 heteroatoms. The predicted molar refractivity (Wildman–Crippen MR) is 184 cm³/mol. The molecule has 4 aromatic rings. The molecule has 0 aliphatic rings. The zero-order chi connectivity index (χ0) is 31.3. The van der Waals surface area contributed by atoms with Gasteiger partial charge >= 0.3 is 8.38 Å². The van der Waals surface area contributed by atoms with Crippen molar-refractivity contribution in [2.45, 2.75) is 112 Å². The Morgan fingerprint density at radius 3 is 1.38 bits per heavy atom. The van der Waals surface area contributed by atoms with Gasteiger partial charge in [0.1, 0.15) is 11.5 Å². The molecule has 0 aliphatic carbocycles. The Bertz CT molecular complexity index is 1490. The summed E-state index contributed by atoms with van der Waals surface area (Å²) in [7, 11) is -1.53. The van der Waals surface area contributed by atoms with E-state index < -0.39 is 8.38 Å². The normalized spacial score (nSPS) is 13.1. The van der Waals surface area contributed by atoms with Crippen molar-refractivity contribution in [3.8, 4) is 11.5 Å². The lowest BCUT2D eigenvalue weighted by Gasteiger charge is -2.31. The number of hydrogen-bond donors (Lipinski definition) is 0.